The molecular weight excluding hydrogens is 232 g/mol. The molecule has 3 nitrogen and oxygen atoms in total. The highest BCUT2D eigenvalue weighted by Crippen LogP contribution is 2.20. The highest BCUT2D eigenvalue weighted by molar-refractivity contribution is 7.09. The smallest absolute Gasteiger partial charge is 0.227 e. The van der Waals surface area contributed by atoms with E-state index in [1.807, 2.05) is 26.2 Å². The second-order valence-corrected chi connectivity index (χ2v) is 5.28. The molecule has 0 bridgehead atoms. The molecule has 1 atom stereocenters. The minimum absolute atomic E-state index is 0.0415. The lowest BCUT2D eigenvalue weighted by atomic mass is 9.95. The second kappa shape index (κ2) is 4.94. The van der Waals surface area contributed by atoms with E-state index < -0.39 is 5.41 Å². The first-order valence-electron chi connectivity index (χ1n) is 4.73. The van der Waals surface area contributed by atoms with Crippen LogP contribution in [0.3, 0.4) is 0 Å². The van der Waals surface area contributed by atoms with Crippen LogP contribution in [0.25, 0.3) is 0 Å². The molecular formula is C10H15ClN2OS. The van der Waals surface area contributed by atoms with Gasteiger partial charge in [0, 0.05) is 17.5 Å². The molecule has 0 spiro atoms. The van der Waals surface area contributed by atoms with Gasteiger partial charge in [0.15, 0.2) is 0 Å². The minimum Gasteiger partial charge on any atom is -0.347 e. The average Bonchev–Trinajstić information content (AvgIpc) is 2.70. The Morgan fingerprint density at radius 2 is 2.40 bits per heavy atom. The first kappa shape index (κ1) is 12.5. The molecule has 1 aromatic heterocycles. The highest BCUT2D eigenvalue weighted by Gasteiger charge is 2.28. The Morgan fingerprint density at radius 3 is 2.87 bits per heavy atom. The van der Waals surface area contributed by atoms with E-state index in [4.69, 9.17) is 11.6 Å². The molecule has 0 aromatic carbocycles. The van der Waals surface area contributed by atoms with Crippen LogP contribution in [0.15, 0.2) is 11.6 Å². The summed E-state index contributed by atoms with van der Waals surface area (Å²) >= 11 is 7.25. The number of carbonyl (C=O) groups is 1. The molecule has 0 aliphatic rings. The average molecular weight is 247 g/mol. The van der Waals surface area contributed by atoms with Crippen molar-refractivity contribution < 1.29 is 4.79 Å². The Kier molecular flexibility index (Phi) is 4.11. The summed E-state index contributed by atoms with van der Waals surface area (Å²) in [6, 6.07) is -0.0556. The molecule has 15 heavy (non-hydrogen) atoms. The zero-order valence-corrected chi connectivity index (χ0v) is 10.7. The Balaban J connectivity index is 2.60. The van der Waals surface area contributed by atoms with Gasteiger partial charge in [0.05, 0.1) is 11.5 Å². The van der Waals surface area contributed by atoms with Crippen LogP contribution in [-0.2, 0) is 4.79 Å². The molecule has 5 heteroatoms. The number of aromatic nitrogens is 1. The number of amides is 1. The fourth-order valence-corrected chi connectivity index (χ4v) is 1.73. The molecule has 1 rings (SSSR count). The number of nitrogens with zero attached hydrogens (tertiary/aromatic N) is 1. The Labute approximate surface area is 98.9 Å². The van der Waals surface area contributed by atoms with Crippen LogP contribution in [0.4, 0.5) is 0 Å². The second-order valence-electron chi connectivity index (χ2n) is 4.08. The predicted octanol–water partition coefficient (Wildman–Crippen LogP) is 2.59. The van der Waals surface area contributed by atoms with Gasteiger partial charge in [-0.2, -0.15) is 0 Å². The summed E-state index contributed by atoms with van der Waals surface area (Å²) in [6.07, 6.45) is 1.73. The van der Waals surface area contributed by atoms with Crippen molar-refractivity contribution in [2.45, 2.75) is 26.8 Å². The summed E-state index contributed by atoms with van der Waals surface area (Å²) in [5, 5.41) is 5.70. The summed E-state index contributed by atoms with van der Waals surface area (Å²) in [4.78, 5) is 15.9. The number of rotatable bonds is 4. The zero-order valence-electron chi connectivity index (χ0n) is 9.08. The van der Waals surface area contributed by atoms with Gasteiger partial charge in [-0.15, -0.1) is 22.9 Å². The van der Waals surface area contributed by atoms with Crippen molar-refractivity contribution >= 4 is 28.8 Å². The topological polar surface area (TPSA) is 42.0 Å². The van der Waals surface area contributed by atoms with Crippen molar-refractivity contribution in [2.75, 3.05) is 5.88 Å². The van der Waals surface area contributed by atoms with Gasteiger partial charge in [-0.3, -0.25) is 4.79 Å². The summed E-state index contributed by atoms with van der Waals surface area (Å²) in [7, 11) is 0. The quantitative estimate of drug-likeness (QED) is 0.830. The fraction of sp³-hybridized carbons (Fsp3) is 0.600. The maximum Gasteiger partial charge on any atom is 0.227 e. The molecule has 1 N–H and O–H groups in total. The van der Waals surface area contributed by atoms with Crippen LogP contribution in [0.2, 0.25) is 0 Å². The molecule has 0 aliphatic heterocycles. The van der Waals surface area contributed by atoms with Crippen molar-refractivity contribution in [3.05, 3.63) is 16.6 Å². The lowest BCUT2D eigenvalue weighted by Gasteiger charge is -2.22. The van der Waals surface area contributed by atoms with Gasteiger partial charge in [-0.05, 0) is 20.8 Å². The lowest BCUT2D eigenvalue weighted by Crippen LogP contribution is -2.39. The number of hydrogen-bond donors (Lipinski definition) is 1. The molecule has 0 fully saturated rings. The van der Waals surface area contributed by atoms with Crippen molar-refractivity contribution in [1.29, 1.82) is 0 Å². The maximum atomic E-state index is 11.8. The molecule has 1 unspecified atom stereocenters. The van der Waals surface area contributed by atoms with Gasteiger partial charge >= 0.3 is 0 Å². The van der Waals surface area contributed by atoms with Crippen LogP contribution in [0.1, 0.15) is 31.8 Å². The number of nitrogens with one attached hydrogen (secondary N) is 1. The Hall–Kier alpha value is -0.610. The van der Waals surface area contributed by atoms with Gasteiger partial charge in [0.1, 0.15) is 5.01 Å². The van der Waals surface area contributed by atoms with Crippen molar-refractivity contribution in [2.24, 2.45) is 5.41 Å². The summed E-state index contributed by atoms with van der Waals surface area (Å²) in [5.41, 5.74) is -0.535. The Morgan fingerprint density at radius 1 is 1.73 bits per heavy atom. The molecule has 0 aliphatic carbocycles. The van der Waals surface area contributed by atoms with Crippen LogP contribution in [-0.4, -0.2) is 16.8 Å². The third-order valence-electron chi connectivity index (χ3n) is 2.12. The molecule has 0 radical (unpaired) electrons. The van der Waals surface area contributed by atoms with Gasteiger partial charge in [-0.1, -0.05) is 0 Å². The number of carbonyl (C=O) groups excluding carboxylic acids is 1. The monoisotopic (exact) mass is 246 g/mol. The molecule has 1 heterocycles. The largest absolute Gasteiger partial charge is 0.347 e. The van der Waals surface area contributed by atoms with Crippen LogP contribution < -0.4 is 5.32 Å². The summed E-state index contributed by atoms with van der Waals surface area (Å²) in [5.74, 6) is 0.267. The normalized spacial score (nSPS) is 13.6. The molecule has 1 aromatic rings. The summed E-state index contributed by atoms with van der Waals surface area (Å²) < 4.78 is 0. The number of hydrogen-bond acceptors (Lipinski definition) is 3. The van der Waals surface area contributed by atoms with E-state index in [2.05, 4.69) is 10.3 Å². The third-order valence-corrected chi connectivity index (χ3v) is 3.74. The first-order chi connectivity index (χ1) is 6.97. The zero-order chi connectivity index (χ0) is 11.5. The summed E-state index contributed by atoms with van der Waals surface area (Å²) in [6.45, 7) is 5.56. The predicted molar refractivity (Wildman–Crippen MR) is 63.2 cm³/mol. The van der Waals surface area contributed by atoms with E-state index in [9.17, 15) is 4.79 Å². The Bertz CT molecular complexity index is 324. The number of halogens is 1. The number of alkyl halides is 1. The number of thiazole rings is 1. The minimum atomic E-state index is -0.535. The van der Waals surface area contributed by atoms with E-state index in [0.29, 0.717) is 5.88 Å². The van der Waals surface area contributed by atoms with Crippen LogP contribution in [0.5, 0.6) is 0 Å². The first-order valence-corrected chi connectivity index (χ1v) is 6.15. The molecule has 1 amide bonds. The lowest BCUT2D eigenvalue weighted by molar-refractivity contribution is -0.129. The van der Waals surface area contributed by atoms with Crippen molar-refractivity contribution in [3.63, 3.8) is 0 Å². The van der Waals surface area contributed by atoms with E-state index in [0.717, 1.165) is 5.01 Å². The molecule has 0 saturated heterocycles. The fourth-order valence-electron chi connectivity index (χ4n) is 0.963. The van der Waals surface area contributed by atoms with Gasteiger partial charge in [0.25, 0.3) is 0 Å². The standard InChI is InChI=1S/C10H15ClN2OS/c1-7(8-12-4-5-15-8)13-9(14)10(2,3)6-11/h4-5,7H,6H2,1-3H3,(H,13,14). The van der Waals surface area contributed by atoms with Crippen molar-refractivity contribution in [1.82, 2.24) is 10.3 Å². The highest BCUT2D eigenvalue weighted by atomic mass is 35.5. The molecule has 0 saturated carbocycles. The van der Waals surface area contributed by atoms with Gasteiger partial charge in [-0.25, -0.2) is 4.98 Å². The van der Waals surface area contributed by atoms with E-state index in [1.165, 1.54) is 11.3 Å². The SMILES string of the molecule is CC(NC(=O)C(C)(C)CCl)c1nccs1. The van der Waals surface area contributed by atoms with Gasteiger partial charge < -0.3 is 5.32 Å². The van der Waals surface area contributed by atoms with Crippen LogP contribution >= 0.6 is 22.9 Å². The van der Waals surface area contributed by atoms with Gasteiger partial charge in [0.2, 0.25) is 5.91 Å². The van der Waals surface area contributed by atoms with E-state index in [-0.39, 0.29) is 11.9 Å². The maximum absolute atomic E-state index is 11.8. The molecule has 84 valence electrons. The van der Waals surface area contributed by atoms with E-state index in [1.54, 1.807) is 6.20 Å². The third kappa shape index (κ3) is 3.18. The van der Waals surface area contributed by atoms with E-state index >= 15 is 0 Å². The van der Waals surface area contributed by atoms with Crippen LogP contribution in [0, 0.1) is 5.41 Å². The van der Waals surface area contributed by atoms with Crippen molar-refractivity contribution in [3.8, 4) is 0 Å².